The van der Waals surface area contributed by atoms with E-state index >= 15 is 0 Å². The van der Waals surface area contributed by atoms with Crippen molar-refractivity contribution in [2.24, 2.45) is 5.10 Å². The lowest BCUT2D eigenvalue weighted by Gasteiger charge is -2.06. The first-order valence-electron chi connectivity index (χ1n) is 8.56. The van der Waals surface area contributed by atoms with E-state index in [4.69, 9.17) is 0 Å². The molecule has 26 heavy (non-hydrogen) atoms. The molecular weight excluding hydrogens is 342 g/mol. The van der Waals surface area contributed by atoms with Crippen molar-refractivity contribution in [3.05, 3.63) is 75.2 Å². The fraction of sp³-hybridized carbons (Fsp3) is 0.190. The van der Waals surface area contributed by atoms with Gasteiger partial charge in [0.05, 0.1) is 22.8 Å². The van der Waals surface area contributed by atoms with Crippen LogP contribution in [0.2, 0.25) is 0 Å². The minimum Gasteiger partial charge on any atom is -0.273 e. The van der Waals surface area contributed by atoms with Gasteiger partial charge >= 0.3 is 0 Å². The molecule has 0 saturated heterocycles. The van der Waals surface area contributed by atoms with Crippen LogP contribution in [0.25, 0.3) is 11.1 Å². The summed E-state index contributed by atoms with van der Waals surface area (Å²) >= 11 is 1.55. The molecule has 0 fully saturated rings. The maximum atomic E-state index is 12.0. The van der Waals surface area contributed by atoms with Crippen LogP contribution in [0.5, 0.6) is 0 Å². The fourth-order valence-electron chi connectivity index (χ4n) is 3.27. The highest BCUT2D eigenvalue weighted by Gasteiger charge is 2.18. The highest BCUT2D eigenvalue weighted by atomic mass is 32.1. The molecule has 130 valence electrons. The summed E-state index contributed by atoms with van der Waals surface area (Å²) in [6, 6.07) is 14.9. The second kappa shape index (κ2) is 6.84. The normalized spacial score (nSPS) is 12.6. The van der Waals surface area contributed by atoms with Crippen molar-refractivity contribution >= 4 is 23.0 Å². The number of hydrogen-bond donors (Lipinski definition) is 1. The predicted molar refractivity (Wildman–Crippen MR) is 106 cm³/mol. The van der Waals surface area contributed by atoms with E-state index in [1.165, 1.54) is 22.3 Å². The number of nitrogens with zero attached hydrogens (tertiary/aromatic N) is 2. The summed E-state index contributed by atoms with van der Waals surface area (Å²) in [5.41, 5.74) is 10.5. The molecule has 0 atom stereocenters. The van der Waals surface area contributed by atoms with E-state index in [-0.39, 0.29) is 12.3 Å². The zero-order valence-electron chi connectivity index (χ0n) is 14.7. The second-order valence-electron chi connectivity index (χ2n) is 6.47. The number of thiazole rings is 1. The van der Waals surface area contributed by atoms with Gasteiger partial charge in [0.15, 0.2) is 0 Å². The van der Waals surface area contributed by atoms with Crippen molar-refractivity contribution in [1.29, 1.82) is 0 Å². The van der Waals surface area contributed by atoms with Crippen molar-refractivity contribution in [3.63, 3.8) is 0 Å². The van der Waals surface area contributed by atoms with Crippen molar-refractivity contribution in [2.75, 3.05) is 0 Å². The topological polar surface area (TPSA) is 54.4 Å². The van der Waals surface area contributed by atoms with Crippen LogP contribution in [0.3, 0.4) is 0 Å². The summed E-state index contributed by atoms with van der Waals surface area (Å²) in [5, 5.41) is 7.14. The van der Waals surface area contributed by atoms with Gasteiger partial charge in [-0.05, 0) is 54.2 Å². The molecule has 4 rings (SSSR count). The van der Waals surface area contributed by atoms with Crippen molar-refractivity contribution in [3.8, 4) is 11.1 Å². The van der Waals surface area contributed by atoms with Gasteiger partial charge in [0.1, 0.15) is 0 Å². The van der Waals surface area contributed by atoms with E-state index in [2.05, 4.69) is 58.0 Å². The summed E-state index contributed by atoms with van der Waals surface area (Å²) < 4.78 is 0. The summed E-state index contributed by atoms with van der Waals surface area (Å²) in [6.45, 7) is 3.84. The van der Waals surface area contributed by atoms with Crippen LogP contribution in [0.4, 0.5) is 0 Å². The number of hydrazone groups is 1. The average molecular weight is 361 g/mol. The van der Waals surface area contributed by atoms with Gasteiger partial charge in [0.2, 0.25) is 5.91 Å². The SMILES string of the molecule is C/C(=N/NC(=O)Cc1csc(C)n1)c1ccc2c(c1)Cc1ccccc1-2. The Labute approximate surface area is 156 Å². The number of aromatic nitrogens is 1. The highest BCUT2D eigenvalue weighted by Crippen LogP contribution is 2.36. The molecule has 1 amide bonds. The van der Waals surface area contributed by atoms with Crippen LogP contribution < -0.4 is 5.43 Å². The Balaban J connectivity index is 1.47. The van der Waals surface area contributed by atoms with Crippen LogP contribution >= 0.6 is 11.3 Å². The number of hydrogen-bond acceptors (Lipinski definition) is 4. The molecule has 0 radical (unpaired) electrons. The van der Waals surface area contributed by atoms with Crippen LogP contribution in [0, 0.1) is 6.92 Å². The molecule has 0 aliphatic heterocycles. The molecule has 1 aromatic heterocycles. The van der Waals surface area contributed by atoms with Gasteiger partial charge in [-0.3, -0.25) is 4.79 Å². The predicted octanol–water partition coefficient (Wildman–Crippen LogP) is 4.11. The van der Waals surface area contributed by atoms with Crippen molar-refractivity contribution in [2.45, 2.75) is 26.7 Å². The zero-order chi connectivity index (χ0) is 18.1. The molecule has 1 aliphatic carbocycles. The number of carbonyl (C=O) groups is 1. The van der Waals surface area contributed by atoms with Crippen molar-refractivity contribution in [1.82, 2.24) is 10.4 Å². The van der Waals surface area contributed by atoms with Gasteiger partial charge in [-0.2, -0.15) is 5.10 Å². The Morgan fingerprint density at radius 3 is 2.81 bits per heavy atom. The summed E-state index contributed by atoms with van der Waals surface area (Å²) in [5.74, 6) is -0.150. The van der Waals surface area contributed by atoms with Gasteiger partial charge in [0.25, 0.3) is 0 Å². The number of benzene rings is 2. The first-order valence-corrected chi connectivity index (χ1v) is 9.44. The number of carbonyl (C=O) groups excluding carboxylic acids is 1. The summed E-state index contributed by atoms with van der Waals surface area (Å²) in [6.07, 6.45) is 1.20. The quantitative estimate of drug-likeness (QED) is 0.439. The first kappa shape index (κ1) is 16.7. The van der Waals surface area contributed by atoms with E-state index in [1.807, 2.05) is 19.2 Å². The lowest BCUT2D eigenvalue weighted by molar-refractivity contribution is -0.120. The third kappa shape index (κ3) is 3.30. The molecule has 1 aliphatic rings. The Bertz CT molecular complexity index is 1020. The lowest BCUT2D eigenvalue weighted by atomic mass is 10.0. The average Bonchev–Trinajstić information content (AvgIpc) is 3.22. The fourth-order valence-corrected chi connectivity index (χ4v) is 3.89. The van der Waals surface area contributed by atoms with E-state index in [0.717, 1.165) is 28.4 Å². The van der Waals surface area contributed by atoms with Crippen LogP contribution in [-0.4, -0.2) is 16.6 Å². The minimum absolute atomic E-state index is 0.150. The molecule has 3 aromatic rings. The number of aryl methyl sites for hydroxylation is 1. The largest absolute Gasteiger partial charge is 0.273 e. The number of amides is 1. The maximum absolute atomic E-state index is 12.0. The summed E-state index contributed by atoms with van der Waals surface area (Å²) in [4.78, 5) is 16.3. The van der Waals surface area contributed by atoms with Crippen LogP contribution in [0.15, 0.2) is 52.9 Å². The maximum Gasteiger partial charge on any atom is 0.246 e. The second-order valence-corrected chi connectivity index (χ2v) is 7.53. The molecule has 2 aromatic carbocycles. The smallest absolute Gasteiger partial charge is 0.246 e. The number of fused-ring (bicyclic) bond motifs is 3. The molecular formula is C21H19N3OS. The molecule has 0 unspecified atom stereocenters. The summed E-state index contributed by atoms with van der Waals surface area (Å²) in [7, 11) is 0. The molecule has 1 heterocycles. The van der Waals surface area contributed by atoms with E-state index in [1.54, 1.807) is 11.3 Å². The molecule has 0 spiro atoms. The number of nitrogens with one attached hydrogen (secondary N) is 1. The Kier molecular flexibility index (Phi) is 4.39. The number of rotatable bonds is 4. The van der Waals surface area contributed by atoms with Gasteiger partial charge in [-0.15, -0.1) is 11.3 Å². The molecule has 0 bridgehead atoms. The molecule has 5 heteroatoms. The highest BCUT2D eigenvalue weighted by molar-refractivity contribution is 7.09. The van der Waals surface area contributed by atoms with E-state index in [0.29, 0.717) is 0 Å². The Morgan fingerprint density at radius 1 is 1.19 bits per heavy atom. The van der Waals surface area contributed by atoms with Gasteiger partial charge < -0.3 is 0 Å². The van der Waals surface area contributed by atoms with Gasteiger partial charge in [-0.25, -0.2) is 10.4 Å². The Hall–Kier alpha value is -2.79. The lowest BCUT2D eigenvalue weighted by Crippen LogP contribution is -2.21. The van der Waals surface area contributed by atoms with Crippen LogP contribution in [-0.2, 0) is 17.6 Å². The van der Waals surface area contributed by atoms with Crippen LogP contribution in [0.1, 0.15) is 34.3 Å². The van der Waals surface area contributed by atoms with E-state index in [9.17, 15) is 4.79 Å². The molecule has 4 nitrogen and oxygen atoms in total. The van der Waals surface area contributed by atoms with Gasteiger partial charge in [-0.1, -0.05) is 36.4 Å². The van der Waals surface area contributed by atoms with E-state index < -0.39 is 0 Å². The van der Waals surface area contributed by atoms with Crippen molar-refractivity contribution < 1.29 is 4.79 Å². The third-order valence-corrected chi connectivity index (χ3v) is 5.39. The van der Waals surface area contributed by atoms with Gasteiger partial charge in [0, 0.05) is 5.38 Å². The third-order valence-electron chi connectivity index (χ3n) is 4.57. The molecule has 1 N–H and O–H groups in total. The standard InChI is InChI=1S/C21H19N3OS/c1-13(23-24-21(25)11-18-12-26-14(2)22-18)15-7-8-20-17(9-15)10-16-5-3-4-6-19(16)20/h3-9,12H,10-11H2,1-2H3,(H,24,25)/b23-13-. The zero-order valence-corrected chi connectivity index (χ0v) is 15.6. The first-order chi connectivity index (χ1) is 12.6. The Morgan fingerprint density at radius 2 is 2.00 bits per heavy atom. The molecule has 0 saturated carbocycles. The monoisotopic (exact) mass is 361 g/mol. The minimum atomic E-state index is -0.150.